The Morgan fingerprint density at radius 2 is 1.66 bits per heavy atom. The van der Waals surface area contributed by atoms with Gasteiger partial charge in [-0.05, 0) is 18.6 Å². The zero-order chi connectivity index (χ0) is 21.1. The molecule has 0 fully saturated rings. The lowest BCUT2D eigenvalue weighted by Gasteiger charge is -2.33. The average Bonchev–Trinajstić information content (AvgIpc) is 2.69. The number of rotatable bonds is 6. The smallest absolute Gasteiger partial charge is 0.272 e. The molecule has 2 nitrogen and oxygen atoms in total. The molecule has 0 atom stereocenters. The van der Waals surface area contributed by atoms with Crippen LogP contribution in [0.15, 0.2) is 66.6 Å². The number of hydrogen-bond acceptors (Lipinski definition) is 2. The average molecular weight is 407 g/mol. The van der Waals surface area contributed by atoms with Crippen molar-refractivity contribution in [2.45, 2.75) is 13.3 Å². The summed E-state index contributed by atoms with van der Waals surface area (Å²) in [7, 11) is 0. The third kappa shape index (κ3) is 4.18. The van der Waals surface area contributed by atoms with Crippen molar-refractivity contribution in [2.24, 2.45) is 0 Å². The summed E-state index contributed by atoms with van der Waals surface area (Å²) < 4.78 is 73.7. The maximum absolute atomic E-state index is 14.9. The molecule has 1 aliphatic rings. The predicted molar refractivity (Wildman–Crippen MR) is 102 cm³/mol. The Morgan fingerprint density at radius 3 is 2.21 bits per heavy atom. The number of alkyl halides is 2. The molecule has 7 heteroatoms. The molecule has 2 aromatic rings. The zero-order valence-corrected chi connectivity index (χ0v) is 15.6. The number of ether oxygens (including phenoxy) is 1. The predicted octanol–water partition coefficient (Wildman–Crippen LogP) is 6.18. The minimum absolute atomic E-state index is 0.0287. The fourth-order valence-corrected chi connectivity index (χ4v) is 3.16. The highest BCUT2D eigenvalue weighted by molar-refractivity contribution is 5.97. The van der Waals surface area contributed by atoms with Crippen molar-refractivity contribution in [1.82, 2.24) is 4.90 Å². The van der Waals surface area contributed by atoms with Gasteiger partial charge < -0.3 is 9.64 Å². The van der Waals surface area contributed by atoms with Gasteiger partial charge in [-0.25, -0.2) is 22.0 Å². The third-order valence-electron chi connectivity index (χ3n) is 4.43. The summed E-state index contributed by atoms with van der Waals surface area (Å²) in [6.45, 7) is 4.59. The van der Waals surface area contributed by atoms with Crippen LogP contribution in [0.2, 0.25) is 0 Å². The summed E-state index contributed by atoms with van der Waals surface area (Å²) in [4.78, 5) is 1.37. The Hall–Kier alpha value is -3.09. The molecule has 0 saturated heterocycles. The first-order valence-electron chi connectivity index (χ1n) is 8.87. The van der Waals surface area contributed by atoms with E-state index in [1.165, 1.54) is 11.0 Å². The first-order chi connectivity index (χ1) is 13.8. The highest BCUT2D eigenvalue weighted by Crippen LogP contribution is 2.41. The lowest BCUT2D eigenvalue weighted by Crippen LogP contribution is -2.26. The lowest BCUT2D eigenvalue weighted by molar-refractivity contribution is 0.0815. The monoisotopic (exact) mass is 407 g/mol. The maximum Gasteiger partial charge on any atom is 0.272 e. The number of allylic oxidation sites excluding steroid dienone is 3. The van der Waals surface area contributed by atoms with Gasteiger partial charge in [0.15, 0.2) is 0 Å². The molecule has 29 heavy (non-hydrogen) atoms. The largest absolute Gasteiger partial charge is 0.487 e. The normalized spacial score (nSPS) is 14.5. The summed E-state index contributed by atoms with van der Waals surface area (Å²) in [5, 5.41) is 0. The summed E-state index contributed by atoms with van der Waals surface area (Å²) in [6, 6.07) is 10.3. The van der Waals surface area contributed by atoms with Crippen LogP contribution in [0.3, 0.4) is 0 Å². The lowest BCUT2D eigenvalue weighted by atomic mass is 9.93. The minimum atomic E-state index is -2.78. The standard InChI is InChI=1S/C22H18F5NO/c1-3-28-13(2)17(23)11-16(14-7-5-4-6-8-14)22(28)21-18(24)9-15(10-19(21)25)29-12-20(26)27/h4-11,20H,2-3,12H2,1H3. The fraction of sp³-hybridized carbons (Fsp3) is 0.182. The van der Waals surface area contributed by atoms with Crippen molar-refractivity contribution in [3.63, 3.8) is 0 Å². The van der Waals surface area contributed by atoms with Crippen molar-refractivity contribution >= 4 is 11.3 Å². The van der Waals surface area contributed by atoms with Gasteiger partial charge in [0.25, 0.3) is 6.43 Å². The molecule has 0 aliphatic carbocycles. The van der Waals surface area contributed by atoms with E-state index in [9.17, 15) is 22.0 Å². The minimum Gasteiger partial charge on any atom is -0.487 e. The van der Waals surface area contributed by atoms with Crippen LogP contribution in [0.1, 0.15) is 18.1 Å². The van der Waals surface area contributed by atoms with Crippen LogP contribution in [0, 0.1) is 11.6 Å². The van der Waals surface area contributed by atoms with Crippen LogP contribution < -0.4 is 4.74 Å². The summed E-state index contributed by atoms with van der Waals surface area (Å²) in [6.07, 6.45) is -1.60. The van der Waals surface area contributed by atoms with Gasteiger partial charge >= 0.3 is 0 Å². The van der Waals surface area contributed by atoms with E-state index in [1.807, 2.05) is 0 Å². The summed E-state index contributed by atoms with van der Waals surface area (Å²) in [5.41, 5.74) is 0.483. The van der Waals surface area contributed by atoms with Crippen LogP contribution in [0.5, 0.6) is 5.75 Å². The van der Waals surface area contributed by atoms with Crippen molar-refractivity contribution < 1.29 is 26.7 Å². The molecule has 3 rings (SSSR count). The Labute approximate surface area is 165 Å². The number of benzene rings is 2. The SMILES string of the molecule is C=C1C(F)=CC(c2ccccc2)=C(c2c(F)cc(OCC(F)F)cc2F)N1CC. The third-order valence-corrected chi connectivity index (χ3v) is 4.43. The van der Waals surface area contributed by atoms with Crippen LogP contribution in [0.4, 0.5) is 22.0 Å². The van der Waals surface area contributed by atoms with Crippen LogP contribution in [-0.4, -0.2) is 24.5 Å². The summed E-state index contributed by atoms with van der Waals surface area (Å²) in [5.74, 6) is -3.00. The Bertz CT molecular complexity index is 959. The Morgan fingerprint density at radius 1 is 1.03 bits per heavy atom. The molecule has 1 heterocycles. The van der Waals surface area contributed by atoms with Gasteiger partial charge in [-0.1, -0.05) is 36.9 Å². The molecule has 0 spiro atoms. The first kappa shape index (κ1) is 20.6. The molecule has 0 bridgehead atoms. The number of nitrogens with zero attached hydrogens (tertiary/aromatic N) is 1. The number of halogens is 5. The molecule has 0 unspecified atom stereocenters. The van der Waals surface area contributed by atoms with Gasteiger partial charge in [-0.3, -0.25) is 0 Å². The van der Waals surface area contributed by atoms with Crippen molar-refractivity contribution in [3.05, 3.63) is 89.4 Å². The van der Waals surface area contributed by atoms with Gasteiger partial charge in [0.05, 0.1) is 17.0 Å². The van der Waals surface area contributed by atoms with E-state index in [0.29, 0.717) is 5.56 Å². The molecule has 0 saturated carbocycles. The topological polar surface area (TPSA) is 12.5 Å². The van der Waals surface area contributed by atoms with E-state index in [4.69, 9.17) is 4.74 Å². The number of hydrogen-bond donors (Lipinski definition) is 0. The van der Waals surface area contributed by atoms with E-state index in [1.54, 1.807) is 37.3 Å². The van der Waals surface area contributed by atoms with E-state index < -0.39 is 36.1 Å². The zero-order valence-electron chi connectivity index (χ0n) is 15.6. The van der Waals surface area contributed by atoms with E-state index in [2.05, 4.69) is 6.58 Å². The Balaban J connectivity index is 2.22. The van der Waals surface area contributed by atoms with Gasteiger partial charge in [0, 0.05) is 24.3 Å². The highest BCUT2D eigenvalue weighted by Gasteiger charge is 2.30. The number of likely N-dealkylation sites (N-methyl/N-ethyl adjacent to an activating group) is 1. The molecular weight excluding hydrogens is 389 g/mol. The maximum atomic E-state index is 14.9. The molecule has 152 valence electrons. The molecule has 0 radical (unpaired) electrons. The second kappa shape index (κ2) is 8.51. The van der Waals surface area contributed by atoms with E-state index >= 15 is 0 Å². The van der Waals surface area contributed by atoms with Gasteiger partial charge in [0.2, 0.25) is 0 Å². The van der Waals surface area contributed by atoms with E-state index in [-0.39, 0.29) is 29.3 Å². The molecular formula is C22H18F5NO. The molecule has 1 aliphatic heterocycles. The van der Waals surface area contributed by atoms with Crippen LogP contribution >= 0.6 is 0 Å². The fourth-order valence-electron chi connectivity index (χ4n) is 3.16. The molecule has 2 aromatic carbocycles. The molecule has 0 aromatic heterocycles. The van der Waals surface area contributed by atoms with Gasteiger partial charge in [0.1, 0.15) is 29.8 Å². The van der Waals surface area contributed by atoms with Gasteiger partial charge in [-0.2, -0.15) is 0 Å². The molecule has 0 N–H and O–H groups in total. The second-order valence-electron chi connectivity index (χ2n) is 6.28. The van der Waals surface area contributed by atoms with Crippen molar-refractivity contribution in [2.75, 3.05) is 13.2 Å². The highest BCUT2D eigenvalue weighted by atomic mass is 19.3. The van der Waals surface area contributed by atoms with Gasteiger partial charge in [-0.15, -0.1) is 0 Å². The van der Waals surface area contributed by atoms with Crippen molar-refractivity contribution in [1.29, 1.82) is 0 Å². The Kier molecular flexibility index (Phi) is 6.06. The van der Waals surface area contributed by atoms with E-state index in [0.717, 1.165) is 12.1 Å². The second-order valence-corrected chi connectivity index (χ2v) is 6.28. The summed E-state index contributed by atoms with van der Waals surface area (Å²) >= 11 is 0. The van der Waals surface area contributed by atoms with Crippen molar-refractivity contribution in [3.8, 4) is 5.75 Å². The van der Waals surface area contributed by atoms with Crippen LogP contribution in [0.25, 0.3) is 11.3 Å². The first-order valence-corrected chi connectivity index (χ1v) is 8.87. The molecule has 0 amide bonds. The van der Waals surface area contributed by atoms with Crippen LogP contribution in [-0.2, 0) is 0 Å². The quantitative estimate of drug-likeness (QED) is 0.530.